The van der Waals surface area contributed by atoms with Gasteiger partial charge >= 0.3 is 0 Å². The van der Waals surface area contributed by atoms with E-state index in [0.29, 0.717) is 18.3 Å². The molecule has 104 valence electrons. The van der Waals surface area contributed by atoms with Crippen molar-refractivity contribution in [3.63, 3.8) is 0 Å². The molecule has 3 atom stereocenters. The molecule has 2 aliphatic heterocycles. The summed E-state index contributed by atoms with van der Waals surface area (Å²) in [5, 5.41) is 6.47. The number of carbonyl (C=O) groups is 1. The molecular formula is C14H26N2O2. The molecule has 2 N–H and O–H groups in total. The van der Waals surface area contributed by atoms with E-state index in [1.54, 1.807) is 0 Å². The maximum absolute atomic E-state index is 11.9. The Bertz CT molecular complexity index is 265. The second-order valence-electron chi connectivity index (χ2n) is 5.73. The van der Waals surface area contributed by atoms with Gasteiger partial charge in [0, 0.05) is 13.2 Å². The van der Waals surface area contributed by atoms with Gasteiger partial charge in [-0.1, -0.05) is 6.92 Å². The van der Waals surface area contributed by atoms with Crippen LogP contribution in [0.25, 0.3) is 0 Å². The van der Waals surface area contributed by atoms with Crippen LogP contribution in [0.5, 0.6) is 0 Å². The first-order valence-electron chi connectivity index (χ1n) is 7.34. The monoisotopic (exact) mass is 254 g/mol. The van der Waals surface area contributed by atoms with Gasteiger partial charge in [0.25, 0.3) is 0 Å². The van der Waals surface area contributed by atoms with Crippen LogP contribution in [0.2, 0.25) is 0 Å². The number of ether oxygens (including phenoxy) is 1. The number of hydrogen-bond acceptors (Lipinski definition) is 3. The topological polar surface area (TPSA) is 50.4 Å². The van der Waals surface area contributed by atoms with Crippen molar-refractivity contribution in [1.82, 2.24) is 10.6 Å². The van der Waals surface area contributed by atoms with Crippen LogP contribution in [0.4, 0.5) is 0 Å². The molecule has 0 aromatic carbocycles. The summed E-state index contributed by atoms with van der Waals surface area (Å²) in [5.74, 6) is 1.44. The predicted octanol–water partition coefficient (Wildman–Crippen LogP) is 1.31. The third-order valence-corrected chi connectivity index (χ3v) is 4.21. The Hall–Kier alpha value is -0.610. The molecule has 2 rings (SSSR count). The smallest absolute Gasteiger partial charge is 0.222 e. The number of amides is 1. The van der Waals surface area contributed by atoms with Crippen LogP contribution < -0.4 is 10.6 Å². The van der Waals surface area contributed by atoms with Crippen molar-refractivity contribution in [1.29, 1.82) is 0 Å². The molecule has 0 bridgehead atoms. The maximum Gasteiger partial charge on any atom is 0.222 e. The lowest BCUT2D eigenvalue weighted by molar-refractivity contribution is -0.125. The van der Waals surface area contributed by atoms with Crippen LogP contribution in [0.15, 0.2) is 0 Å². The fourth-order valence-electron chi connectivity index (χ4n) is 2.86. The second kappa shape index (κ2) is 7.10. The van der Waals surface area contributed by atoms with Gasteiger partial charge in [-0.25, -0.2) is 0 Å². The number of piperidine rings is 1. The Morgan fingerprint density at radius 1 is 1.39 bits per heavy atom. The van der Waals surface area contributed by atoms with Crippen LogP contribution in [-0.4, -0.2) is 38.3 Å². The molecule has 3 unspecified atom stereocenters. The van der Waals surface area contributed by atoms with E-state index < -0.39 is 0 Å². The van der Waals surface area contributed by atoms with Crippen molar-refractivity contribution in [3.05, 3.63) is 0 Å². The number of hydrogen-bond donors (Lipinski definition) is 2. The molecule has 4 nitrogen and oxygen atoms in total. The fraction of sp³-hybridized carbons (Fsp3) is 0.929. The highest BCUT2D eigenvalue weighted by molar-refractivity contribution is 5.76. The first kappa shape index (κ1) is 13.8. The molecule has 2 saturated heterocycles. The molecule has 2 aliphatic rings. The normalized spacial score (nSPS) is 33.1. The minimum absolute atomic E-state index is 0.157. The first-order valence-corrected chi connectivity index (χ1v) is 7.34. The van der Waals surface area contributed by atoms with Crippen molar-refractivity contribution < 1.29 is 9.53 Å². The van der Waals surface area contributed by atoms with E-state index >= 15 is 0 Å². The highest BCUT2D eigenvalue weighted by Gasteiger charge is 2.22. The Kier molecular flexibility index (Phi) is 5.45. The largest absolute Gasteiger partial charge is 0.378 e. The van der Waals surface area contributed by atoms with E-state index in [0.717, 1.165) is 39.1 Å². The Labute approximate surface area is 110 Å². The molecule has 0 radical (unpaired) electrons. The zero-order valence-corrected chi connectivity index (χ0v) is 11.4. The molecule has 0 saturated carbocycles. The molecular weight excluding hydrogens is 228 g/mol. The lowest BCUT2D eigenvalue weighted by Crippen LogP contribution is -2.41. The first-order chi connectivity index (χ1) is 8.75. The Balaban J connectivity index is 1.64. The van der Waals surface area contributed by atoms with E-state index in [1.165, 1.54) is 12.8 Å². The molecule has 4 heteroatoms. The van der Waals surface area contributed by atoms with Gasteiger partial charge in [-0.05, 0) is 50.6 Å². The Morgan fingerprint density at radius 3 is 3.00 bits per heavy atom. The van der Waals surface area contributed by atoms with E-state index in [9.17, 15) is 4.79 Å². The molecule has 2 fully saturated rings. The number of rotatable bonds is 4. The van der Waals surface area contributed by atoms with Gasteiger partial charge in [0.2, 0.25) is 5.91 Å². The van der Waals surface area contributed by atoms with E-state index in [-0.39, 0.29) is 12.0 Å². The Morgan fingerprint density at radius 2 is 2.28 bits per heavy atom. The minimum atomic E-state index is 0.157. The average molecular weight is 254 g/mol. The quantitative estimate of drug-likeness (QED) is 0.795. The molecule has 0 aromatic rings. The lowest BCUT2D eigenvalue weighted by Gasteiger charge is -2.30. The molecule has 0 spiro atoms. The molecule has 0 aromatic heterocycles. The van der Waals surface area contributed by atoms with Crippen molar-refractivity contribution in [2.45, 2.75) is 45.1 Å². The average Bonchev–Trinajstić information content (AvgIpc) is 2.39. The summed E-state index contributed by atoms with van der Waals surface area (Å²) < 4.78 is 5.59. The second-order valence-corrected chi connectivity index (χ2v) is 5.73. The maximum atomic E-state index is 11.9. The minimum Gasteiger partial charge on any atom is -0.378 e. The zero-order chi connectivity index (χ0) is 12.8. The van der Waals surface area contributed by atoms with Crippen molar-refractivity contribution in [2.75, 3.05) is 26.2 Å². The third kappa shape index (κ3) is 4.25. The molecule has 0 aliphatic carbocycles. The SMILES string of the molecule is CC1CNCCC1CNC(=O)CC1CCCCO1. The highest BCUT2D eigenvalue weighted by Crippen LogP contribution is 2.18. The van der Waals surface area contributed by atoms with Crippen molar-refractivity contribution in [3.8, 4) is 0 Å². The zero-order valence-electron chi connectivity index (χ0n) is 11.4. The van der Waals surface area contributed by atoms with Crippen LogP contribution >= 0.6 is 0 Å². The predicted molar refractivity (Wildman–Crippen MR) is 71.4 cm³/mol. The van der Waals surface area contributed by atoms with Crippen molar-refractivity contribution in [2.24, 2.45) is 11.8 Å². The third-order valence-electron chi connectivity index (χ3n) is 4.21. The van der Waals surface area contributed by atoms with Gasteiger partial charge in [0.1, 0.15) is 0 Å². The van der Waals surface area contributed by atoms with Gasteiger partial charge < -0.3 is 15.4 Å². The molecule has 2 heterocycles. The lowest BCUT2D eigenvalue weighted by atomic mass is 9.88. The van der Waals surface area contributed by atoms with Gasteiger partial charge in [0.05, 0.1) is 12.5 Å². The van der Waals surface area contributed by atoms with Crippen molar-refractivity contribution >= 4 is 5.91 Å². The summed E-state index contributed by atoms with van der Waals surface area (Å²) in [7, 11) is 0. The van der Waals surface area contributed by atoms with Gasteiger partial charge in [-0.2, -0.15) is 0 Å². The summed E-state index contributed by atoms with van der Waals surface area (Å²) in [6.07, 6.45) is 5.25. The van der Waals surface area contributed by atoms with E-state index in [4.69, 9.17) is 4.74 Å². The molecule has 18 heavy (non-hydrogen) atoms. The van der Waals surface area contributed by atoms with Gasteiger partial charge in [0.15, 0.2) is 0 Å². The van der Waals surface area contributed by atoms with Crippen LogP contribution in [-0.2, 0) is 9.53 Å². The standard InChI is InChI=1S/C14H26N2O2/c1-11-9-15-6-5-12(11)10-16-14(17)8-13-4-2-3-7-18-13/h11-13,15H,2-10H2,1H3,(H,16,17). The summed E-state index contributed by atoms with van der Waals surface area (Å²) >= 11 is 0. The summed E-state index contributed by atoms with van der Waals surface area (Å²) in [4.78, 5) is 11.9. The highest BCUT2D eigenvalue weighted by atomic mass is 16.5. The number of carbonyl (C=O) groups excluding carboxylic acids is 1. The number of nitrogens with one attached hydrogen (secondary N) is 2. The van der Waals surface area contributed by atoms with Gasteiger partial charge in [-0.15, -0.1) is 0 Å². The summed E-state index contributed by atoms with van der Waals surface area (Å²) in [6, 6.07) is 0. The van der Waals surface area contributed by atoms with E-state index in [2.05, 4.69) is 17.6 Å². The summed E-state index contributed by atoms with van der Waals surface area (Å²) in [6.45, 7) is 6.06. The summed E-state index contributed by atoms with van der Waals surface area (Å²) in [5.41, 5.74) is 0. The van der Waals surface area contributed by atoms with Crippen LogP contribution in [0.3, 0.4) is 0 Å². The van der Waals surface area contributed by atoms with Crippen LogP contribution in [0.1, 0.15) is 39.0 Å². The fourth-order valence-corrected chi connectivity index (χ4v) is 2.86. The van der Waals surface area contributed by atoms with Crippen LogP contribution in [0, 0.1) is 11.8 Å². The van der Waals surface area contributed by atoms with Gasteiger partial charge in [-0.3, -0.25) is 4.79 Å². The molecule has 1 amide bonds. The van der Waals surface area contributed by atoms with E-state index in [1.807, 2.05) is 0 Å².